The normalized spacial score (nSPS) is 14.5. The summed E-state index contributed by atoms with van der Waals surface area (Å²) in [4.78, 5) is 0. The smallest absolute Gasteiger partial charge is 0.224 e. The van der Waals surface area contributed by atoms with Crippen LogP contribution in [-0.2, 0) is 79.8 Å². The van der Waals surface area contributed by atoms with Crippen molar-refractivity contribution in [1.29, 1.82) is 0 Å². The van der Waals surface area contributed by atoms with E-state index in [2.05, 4.69) is 0 Å². The SMILES string of the molecule is CS(=O)(=O)N(Cc1ccc(O)c(CN(S(C)(=O)=O)S(C)(=O)=O)c1CN(S(C)(=O)=O)S(C)(=O)=O)S(C)(=O)=O. The van der Waals surface area contributed by atoms with Gasteiger partial charge >= 0.3 is 0 Å². The molecule has 0 bridgehead atoms. The van der Waals surface area contributed by atoms with Crippen molar-refractivity contribution in [2.75, 3.05) is 37.5 Å². The lowest BCUT2D eigenvalue weighted by molar-refractivity contribution is 0.447. The number of benzene rings is 1. The Morgan fingerprint density at radius 2 is 0.757 bits per heavy atom. The number of nitrogens with zero attached hydrogens (tertiary/aromatic N) is 3. The van der Waals surface area contributed by atoms with Crippen LogP contribution in [0.1, 0.15) is 16.7 Å². The highest BCUT2D eigenvalue weighted by molar-refractivity contribution is 8.04. The number of aromatic hydroxyl groups is 1. The molecule has 0 saturated carbocycles. The molecule has 0 atom stereocenters. The van der Waals surface area contributed by atoms with Crippen molar-refractivity contribution in [2.45, 2.75) is 19.6 Å². The van der Waals surface area contributed by atoms with E-state index in [-0.39, 0.29) is 16.7 Å². The maximum Gasteiger partial charge on any atom is 0.224 e. The zero-order valence-electron chi connectivity index (χ0n) is 20.4. The summed E-state index contributed by atoms with van der Waals surface area (Å²) in [5, 5.41) is 10.5. The van der Waals surface area contributed by atoms with Crippen molar-refractivity contribution < 1.29 is 55.6 Å². The van der Waals surface area contributed by atoms with E-state index in [4.69, 9.17) is 0 Å². The van der Waals surface area contributed by atoms with Gasteiger partial charge in [0, 0.05) is 5.56 Å². The van der Waals surface area contributed by atoms with Crippen LogP contribution in [0.3, 0.4) is 0 Å². The first-order valence-electron chi connectivity index (χ1n) is 9.44. The molecule has 37 heavy (non-hydrogen) atoms. The molecule has 0 aliphatic heterocycles. The van der Waals surface area contributed by atoms with Crippen molar-refractivity contribution in [2.24, 2.45) is 0 Å². The number of sulfonamides is 6. The minimum Gasteiger partial charge on any atom is -0.508 e. The van der Waals surface area contributed by atoms with Gasteiger partial charge in [-0.1, -0.05) is 17.2 Å². The molecule has 1 rings (SSSR count). The molecule has 0 spiro atoms. The number of rotatable bonds is 12. The summed E-state index contributed by atoms with van der Waals surface area (Å²) in [7, 11) is -27.2. The maximum absolute atomic E-state index is 12.3. The third-order valence-corrected chi connectivity index (χ3v) is 14.7. The molecule has 0 radical (unpaired) electrons. The molecule has 216 valence electrons. The van der Waals surface area contributed by atoms with E-state index in [1.807, 2.05) is 0 Å². The zero-order valence-corrected chi connectivity index (χ0v) is 25.3. The second-order valence-corrected chi connectivity index (χ2v) is 20.2. The molecule has 1 aromatic carbocycles. The van der Waals surface area contributed by atoms with Gasteiger partial charge in [-0.2, -0.15) is 0 Å². The van der Waals surface area contributed by atoms with Crippen molar-refractivity contribution in [3.05, 3.63) is 28.8 Å². The Morgan fingerprint density at radius 1 is 0.486 bits per heavy atom. The van der Waals surface area contributed by atoms with E-state index in [1.54, 1.807) is 0 Å². The number of hydrogen-bond acceptors (Lipinski definition) is 13. The van der Waals surface area contributed by atoms with Crippen LogP contribution < -0.4 is 0 Å². The van der Waals surface area contributed by atoms with Gasteiger partial charge in [-0.05, 0) is 17.2 Å². The van der Waals surface area contributed by atoms with Gasteiger partial charge in [0.15, 0.2) is 0 Å². The summed E-state index contributed by atoms with van der Waals surface area (Å²) in [6.45, 7) is -3.36. The fourth-order valence-electron chi connectivity index (χ4n) is 3.09. The molecule has 0 saturated heterocycles. The highest BCUT2D eigenvalue weighted by atomic mass is 32.3. The summed E-state index contributed by atoms with van der Waals surface area (Å²) in [6, 6.07) is 1.80. The van der Waals surface area contributed by atoms with E-state index in [0.717, 1.165) is 12.1 Å². The molecule has 1 N–H and O–H groups in total. The second-order valence-electron chi connectivity index (χ2n) is 8.07. The van der Waals surface area contributed by atoms with E-state index in [0.29, 0.717) is 37.5 Å². The Morgan fingerprint density at radius 3 is 1.05 bits per heavy atom. The maximum atomic E-state index is 12.3. The molecule has 0 unspecified atom stereocenters. The Kier molecular flexibility index (Phi) is 9.67. The molecule has 0 heterocycles. The fourth-order valence-corrected chi connectivity index (χ4v) is 11.2. The number of phenols is 1. The van der Waals surface area contributed by atoms with E-state index < -0.39 is 96.7 Å². The van der Waals surface area contributed by atoms with Crippen molar-refractivity contribution in [3.63, 3.8) is 0 Å². The van der Waals surface area contributed by atoms with Crippen LogP contribution in [0.5, 0.6) is 5.75 Å². The second kappa shape index (κ2) is 10.6. The van der Waals surface area contributed by atoms with Crippen LogP contribution in [0.2, 0.25) is 0 Å². The van der Waals surface area contributed by atoms with Gasteiger partial charge < -0.3 is 5.11 Å². The predicted octanol–water partition coefficient (Wildman–Crippen LogP) is -2.44. The molecule has 0 aliphatic carbocycles. The third kappa shape index (κ3) is 9.09. The first-order valence-corrected chi connectivity index (χ1v) is 20.5. The lowest BCUT2D eigenvalue weighted by Gasteiger charge is -2.26. The summed E-state index contributed by atoms with van der Waals surface area (Å²) in [6.07, 6.45) is 3.14. The van der Waals surface area contributed by atoms with Gasteiger partial charge in [-0.25, -0.2) is 50.5 Å². The standard InChI is InChI=1S/C15H27N3O13S6/c1-32(20,21)16(33(2,22)23)9-12-7-8-15(19)14(11-18(36(5,28)29)37(6,30)31)13(12)10-17(34(3,24)25)35(4,26)27/h7-8,19H,9-11H2,1-6H3. The first kappa shape index (κ1) is 33.6. The monoisotopic (exact) mass is 649 g/mol. The average Bonchev–Trinajstić information content (AvgIpc) is 2.58. The lowest BCUT2D eigenvalue weighted by atomic mass is 10.00. The zero-order chi connectivity index (χ0) is 29.6. The van der Waals surface area contributed by atoms with Gasteiger partial charge in [0.2, 0.25) is 60.1 Å². The summed E-state index contributed by atoms with van der Waals surface area (Å²) in [5.74, 6) is -0.816. The molecule has 0 fully saturated rings. The van der Waals surface area contributed by atoms with Gasteiger partial charge in [-0.3, -0.25) is 0 Å². The van der Waals surface area contributed by atoms with Crippen molar-refractivity contribution in [3.8, 4) is 5.75 Å². The molecule has 1 aromatic rings. The first-order chi connectivity index (χ1) is 16.1. The van der Waals surface area contributed by atoms with E-state index in [1.165, 1.54) is 0 Å². The summed E-state index contributed by atoms with van der Waals surface area (Å²) >= 11 is 0. The van der Waals surface area contributed by atoms with Gasteiger partial charge in [0.1, 0.15) is 5.75 Å². The molecular weight excluding hydrogens is 623 g/mol. The van der Waals surface area contributed by atoms with Crippen LogP contribution in [-0.4, -0.2) is 104 Å². The van der Waals surface area contributed by atoms with E-state index in [9.17, 15) is 55.6 Å². The van der Waals surface area contributed by atoms with Crippen LogP contribution in [0.15, 0.2) is 12.1 Å². The Labute approximate surface area is 217 Å². The van der Waals surface area contributed by atoms with Crippen LogP contribution in [0, 0.1) is 0 Å². The van der Waals surface area contributed by atoms with Crippen molar-refractivity contribution in [1.82, 2.24) is 11.1 Å². The lowest BCUT2D eigenvalue weighted by Crippen LogP contribution is -2.38. The Balaban J connectivity index is 4.15. The van der Waals surface area contributed by atoms with Crippen LogP contribution >= 0.6 is 0 Å². The molecular formula is C15H27N3O13S6. The predicted molar refractivity (Wildman–Crippen MR) is 134 cm³/mol. The molecule has 0 aliphatic rings. The average molecular weight is 650 g/mol. The molecule has 16 nitrogen and oxygen atoms in total. The number of hydrogen-bond donors (Lipinski definition) is 1. The quantitative estimate of drug-likeness (QED) is 0.248. The number of phenolic OH excluding ortho intramolecular Hbond substituents is 1. The highest BCUT2D eigenvalue weighted by Crippen LogP contribution is 2.32. The third-order valence-electron chi connectivity index (χ3n) is 4.60. The molecule has 0 amide bonds. The Hall–Kier alpha value is -1.40. The Bertz CT molecular complexity index is 1620. The topological polar surface area (TPSA) is 235 Å². The largest absolute Gasteiger partial charge is 0.508 e. The van der Waals surface area contributed by atoms with Gasteiger partial charge in [-0.15, -0.1) is 0 Å². The minimum absolute atomic E-state index is 0.00418. The van der Waals surface area contributed by atoms with Gasteiger partial charge in [0.05, 0.1) is 57.2 Å². The van der Waals surface area contributed by atoms with Crippen molar-refractivity contribution >= 4 is 60.1 Å². The van der Waals surface area contributed by atoms with Gasteiger partial charge in [0.25, 0.3) is 0 Å². The minimum atomic E-state index is -4.57. The molecule has 0 aromatic heterocycles. The summed E-state index contributed by atoms with van der Waals surface area (Å²) < 4.78 is 146. The highest BCUT2D eigenvalue weighted by Gasteiger charge is 2.35. The molecule has 22 heteroatoms. The van der Waals surface area contributed by atoms with Crippen LogP contribution in [0.4, 0.5) is 0 Å². The fraction of sp³-hybridized carbons (Fsp3) is 0.600. The van der Waals surface area contributed by atoms with Crippen LogP contribution in [0.25, 0.3) is 0 Å². The summed E-state index contributed by atoms with van der Waals surface area (Å²) in [5.41, 5.74) is -1.54. The van der Waals surface area contributed by atoms with E-state index >= 15 is 0 Å².